The predicted octanol–water partition coefficient (Wildman–Crippen LogP) is 3.24. The summed E-state index contributed by atoms with van der Waals surface area (Å²) < 4.78 is 5.19. The number of amides is 2. The molecule has 1 aliphatic rings. The quantitative estimate of drug-likeness (QED) is 0.599. The Kier molecular flexibility index (Phi) is 8.24. The van der Waals surface area contributed by atoms with Crippen LogP contribution in [0, 0.1) is 0 Å². The van der Waals surface area contributed by atoms with Gasteiger partial charge in [0.05, 0.1) is 13.7 Å². The fourth-order valence-corrected chi connectivity index (χ4v) is 3.68. The third kappa shape index (κ3) is 6.69. The van der Waals surface area contributed by atoms with E-state index >= 15 is 0 Å². The average Bonchev–Trinajstić information content (AvgIpc) is 3.33. The summed E-state index contributed by atoms with van der Waals surface area (Å²) in [6, 6.07) is 15.3. The number of carbonyl (C=O) groups excluding carboxylic acids is 2. The van der Waals surface area contributed by atoms with E-state index in [4.69, 9.17) is 4.74 Å². The number of ether oxygens (including phenoxy) is 1. The van der Waals surface area contributed by atoms with Gasteiger partial charge in [-0.1, -0.05) is 30.3 Å². The average molecular weight is 422 g/mol. The van der Waals surface area contributed by atoms with Gasteiger partial charge in [-0.15, -0.1) is 6.58 Å². The van der Waals surface area contributed by atoms with Gasteiger partial charge in [0.15, 0.2) is 0 Å². The number of carbonyl (C=O) groups is 2. The molecular weight excluding hydrogens is 390 g/mol. The summed E-state index contributed by atoms with van der Waals surface area (Å²) >= 11 is 0. The van der Waals surface area contributed by atoms with E-state index in [0.29, 0.717) is 25.2 Å². The van der Waals surface area contributed by atoms with Gasteiger partial charge in [-0.2, -0.15) is 0 Å². The molecule has 164 valence electrons. The molecule has 1 aliphatic heterocycles. The Morgan fingerprint density at radius 3 is 2.32 bits per heavy atom. The number of rotatable bonds is 10. The minimum Gasteiger partial charge on any atom is -0.497 e. The Balaban J connectivity index is 1.48. The van der Waals surface area contributed by atoms with Crippen LogP contribution in [0.1, 0.15) is 34.3 Å². The summed E-state index contributed by atoms with van der Waals surface area (Å²) in [6.07, 6.45) is 3.96. The molecule has 6 nitrogen and oxygen atoms in total. The van der Waals surface area contributed by atoms with Crippen molar-refractivity contribution in [1.29, 1.82) is 0 Å². The highest BCUT2D eigenvalue weighted by atomic mass is 16.5. The molecule has 2 aromatic rings. The molecule has 0 aromatic heterocycles. The van der Waals surface area contributed by atoms with E-state index in [1.807, 2.05) is 58.3 Å². The lowest BCUT2D eigenvalue weighted by Crippen LogP contribution is -2.36. The van der Waals surface area contributed by atoms with E-state index in [9.17, 15) is 9.59 Å². The van der Waals surface area contributed by atoms with E-state index < -0.39 is 0 Å². The van der Waals surface area contributed by atoms with E-state index in [0.717, 1.165) is 42.8 Å². The minimum absolute atomic E-state index is 0.0485. The molecule has 0 bridgehead atoms. The van der Waals surface area contributed by atoms with E-state index in [1.54, 1.807) is 13.2 Å². The first kappa shape index (κ1) is 22.6. The molecule has 0 spiro atoms. The highest BCUT2D eigenvalue weighted by Crippen LogP contribution is 2.14. The van der Waals surface area contributed by atoms with Crippen LogP contribution < -0.4 is 10.1 Å². The standard InChI is InChI=1S/C25H31N3O3/c1-3-14-27(18-21-8-12-23(31-2)13-9-21)19-24(29)26-17-20-6-10-22(11-7-20)25(30)28-15-4-5-16-28/h3,6-13H,1,4-5,14-19H2,2H3,(H,26,29). The molecule has 0 atom stereocenters. The van der Waals surface area contributed by atoms with Crippen molar-refractivity contribution in [2.75, 3.05) is 33.3 Å². The fourth-order valence-electron chi connectivity index (χ4n) is 3.68. The molecule has 1 heterocycles. The van der Waals surface area contributed by atoms with Crippen LogP contribution in [-0.4, -0.2) is 54.9 Å². The van der Waals surface area contributed by atoms with Crippen LogP contribution >= 0.6 is 0 Å². The number of nitrogens with zero attached hydrogens (tertiary/aromatic N) is 2. The zero-order valence-electron chi connectivity index (χ0n) is 18.2. The maximum absolute atomic E-state index is 12.5. The van der Waals surface area contributed by atoms with Gasteiger partial charge in [-0.05, 0) is 48.2 Å². The van der Waals surface area contributed by atoms with Gasteiger partial charge in [-0.25, -0.2) is 0 Å². The summed E-state index contributed by atoms with van der Waals surface area (Å²) in [5.74, 6) is 0.851. The number of methoxy groups -OCH3 is 1. The summed E-state index contributed by atoms with van der Waals surface area (Å²) in [5, 5.41) is 2.97. The molecule has 31 heavy (non-hydrogen) atoms. The van der Waals surface area contributed by atoms with Crippen LogP contribution in [0.15, 0.2) is 61.2 Å². The second-order valence-corrected chi connectivity index (χ2v) is 7.78. The van der Waals surface area contributed by atoms with Crippen LogP contribution in [0.25, 0.3) is 0 Å². The van der Waals surface area contributed by atoms with Crippen molar-refractivity contribution in [2.45, 2.75) is 25.9 Å². The van der Waals surface area contributed by atoms with Crippen LogP contribution in [0.2, 0.25) is 0 Å². The molecule has 0 unspecified atom stereocenters. The van der Waals surface area contributed by atoms with Crippen LogP contribution in [0.5, 0.6) is 5.75 Å². The van der Waals surface area contributed by atoms with Crippen LogP contribution in [-0.2, 0) is 17.9 Å². The molecule has 0 aliphatic carbocycles. The lowest BCUT2D eigenvalue weighted by molar-refractivity contribution is -0.122. The van der Waals surface area contributed by atoms with Gasteiger partial charge in [0.2, 0.25) is 5.91 Å². The Labute approximate surface area is 184 Å². The van der Waals surface area contributed by atoms with Crippen molar-refractivity contribution in [3.8, 4) is 5.75 Å². The number of likely N-dealkylation sites (tertiary alicyclic amines) is 1. The van der Waals surface area contributed by atoms with Crippen molar-refractivity contribution in [1.82, 2.24) is 15.1 Å². The molecule has 1 N–H and O–H groups in total. The highest BCUT2D eigenvalue weighted by molar-refractivity contribution is 5.94. The Morgan fingerprint density at radius 2 is 1.71 bits per heavy atom. The molecule has 2 amide bonds. The van der Waals surface area contributed by atoms with E-state index in [-0.39, 0.29) is 18.4 Å². The van der Waals surface area contributed by atoms with Gasteiger partial charge in [-0.3, -0.25) is 14.5 Å². The largest absolute Gasteiger partial charge is 0.497 e. The van der Waals surface area contributed by atoms with Crippen molar-refractivity contribution in [3.05, 3.63) is 77.9 Å². The third-order valence-electron chi connectivity index (χ3n) is 5.40. The molecule has 1 saturated heterocycles. The monoisotopic (exact) mass is 421 g/mol. The third-order valence-corrected chi connectivity index (χ3v) is 5.40. The zero-order valence-corrected chi connectivity index (χ0v) is 18.2. The molecule has 1 fully saturated rings. The zero-order chi connectivity index (χ0) is 22.1. The van der Waals surface area contributed by atoms with Crippen molar-refractivity contribution in [3.63, 3.8) is 0 Å². The second kappa shape index (κ2) is 11.3. The second-order valence-electron chi connectivity index (χ2n) is 7.78. The van der Waals surface area contributed by atoms with Gasteiger partial charge >= 0.3 is 0 Å². The molecule has 2 aromatic carbocycles. The first-order valence-electron chi connectivity index (χ1n) is 10.7. The topological polar surface area (TPSA) is 61.9 Å². The maximum Gasteiger partial charge on any atom is 0.253 e. The summed E-state index contributed by atoms with van der Waals surface area (Å²) in [7, 11) is 1.64. The van der Waals surface area contributed by atoms with Gasteiger partial charge in [0.25, 0.3) is 5.91 Å². The van der Waals surface area contributed by atoms with E-state index in [1.165, 1.54) is 0 Å². The van der Waals surface area contributed by atoms with Crippen LogP contribution in [0.4, 0.5) is 0 Å². The highest BCUT2D eigenvalue weighted by Gasteiger charge is 2.19. The van der Waals surface area contributed by atoms with E-state index in [2.05, 4.69) is 11.9 Å². The number of nitrogens with one attached hydrogen (secondary N) is 1. The molecule has 0 saturated carbocycles. The van der Waals surface area contributed by atoms with Gasteiger partial charge < -0.3 is 15.0 Å². The lowest BCUT2D eigenvalue weighted by Gasteiger charge is -2.20. The number of benzene rings is 2. The van der Waals surface area contributed by atoms with Crippen molar-refractivity contribution < 1.29 is 14.3 Å². The first-order chi connectivity index (χ1) is 15.1. The predicted molar refractivity (Wildman–Crippen MR) is 122 cm³/mol. The Morgan fingerprint density at radius 1 is 1.06 bits per heavy atom. The van der Waals surface area contributed by atoms with Gasteiger partial charge in [0.1, 0.15) is 5.75 Å². The summed E-state index contributed by atoms with van der Waals surface area (Å²) in [6.45, 7) is 7.46. The minimum atomic E-state index is -0.0485. The molecule has 3 rings (SSSR count). The van der Waals surface area contributed by atoms with Crippen molar-refractivity contribution in [2.24, 2.45) is 0 Å². The first-order valence-corrected chi connectivity index (χ1v) is 10.7. The van der Waals surface area contributed by atoms with Crippen LogP contribution in [0.3, 0.4) is 0 Å². The normalized spacial score (nSPS) is 13.3. The smallest absolute Gasteiger partial charge is 0.253 e. The maximum atomic E-state index is 12.5. The molecule has 0 radical (unpaired) electrons. The Bertz CT molecular complexity index is 872. The SMILES string of the molecule is C=CCN(CC(=O)NCc1ccc(C(=O)N2CCCC2)cc1)Cc1ccc(OC)cc1. The molecule has 6 heteroatoms. The summed E-state index contributed by atoms with van der Waals surface area (Å²) in [4.78, 5) is 28.8. The number of hydrogen-bond acceptors (Lipinski definition) is 4. The Hall–Kier alpha value is -3.12. The van der Waals surface area contributed by atoms with Gasteiger partial charge in [0, 0.05) is 38.3 Å². The summed E-state index contributed by atoms with van der Waals surface area (Å²) in [5.41, 5.74) is 2.78. The number of hydrogen-bond donors (Lipinski definition) is 1. The molecular formula is C25H31N3O3. The fraction of sp³-hybridized carbons (Fsp3) is 0.360. The van der Waals surface area contributed by atoms with Crippen molar-refractivity contribution >= 4 is 11.8 Å². The lowest BCUT2D eigenvalue weighted by atomic mass is 10.1.